The molecule has 0 aliphatic rings. The van der Waals surface area contributed by atoms with E-state index in [-0.39, 0.29) is 24.4 Å². The van der Waals surface area contributed by atoms with Crippen molar-refractivity contribution < 1.29 is 9.59 Å². The molecular formula is C30H34Cl2N2O2S. The Balaban J connectivity index is 1.80. The molecule has 0 spiro atoms. The van der Waals surface area contributed by atoms with Crippen LogP contribution in [-0.2, 0) is 22.6 Å². The summed E-state index contributed by atoms with van der Waals surface area (Å²) in [6.45, 7) is 4.28. The molecule has 0 aromatic heterocycles. The number of amides is 2. The summed E-state index contributed by atoms with van der Waals surface area (Å²) < 4.78 is 0. The molecule has 0 aliphatic carbocycles. The van der Waals surface area contributed by atoms with E-state index >= 15 is 0 Å². The molecule has 0 saturated heterocycles. The van der Waals surface area contributed by atoms with Crippen molar-refractivity contribution in [3.05, 3.63) is 100 Å². The highest BCUT2D eigenvalue weighted by Crippen LogP contribution is 2.24. The molecule has 37 heavy (non-hydrogen) atoms. The predicted molar refractivity (Wildman–Crippen MR) is 155 cm³/mol. The molecule has 0 heterocycles. The number of halogens is 2. The Morgan fingerprint density at radius 1 is 0.946 bits per heavy atom. The average molecular weight is 558 g/mol. The molecule has 2 atom stereocenters. The van der Waals surface area contributed by atoms with E-state index in [9.17, 15) is 9.59 Å². The molecule has 0 aliphatic heterocycles. The van der Waals surface area contributed by atoms with Crippen LogP contribution in [-0.4, -0.2) is 34.6 Å². The number of nitrogens with one attached hydrogen (secondary N) is 1. The summed E-state index contributed by atoms with van der Waals surface area (Å²) in [5, 5.41) is 4.38. The minimum atomic E-state index is -0.649. The molecule has 4 nitrogen and oxygen atoms in total. The fourth-order valence-corrected chi connectivity index (χ4v) is 5.07. The summed E-state index contributed by atoms with van der Waals surface area (Å²) in [6, 6.07) is 24.4. The van der Waals surface area contributed by atoms with Gasteiger partial charge in [0.25, 0.3) is 0 Å². The summed E-state index contributed by atoms with van der Waals surface area (Å²) in [7, 11) is 0. The van der Waals surface area contributed by atoms with Crippen LogP contribution in [0.2, 0.25) is 10.0 Å². The summed E-state index contributed by atoms with van der Waals surface area (Å²) in [5.74, 6) is 0.585. The van der Waals surface area contributed by atoms with Gasteiger partial charge in [-0.25, -0.2) is 0 Å². The number of rotatable bonds is 13. The van der Waals surface area contributed by atoms with Crippen molar-refractivity contribution in [3.63, 3.8) is 0 Å². The Morgan fingerprint density at radius 2 is 1.62 bits per heavy atom. The first-order valence-corrected chi connectivity index (χ1v) is 14.4. The molecule has 3 aromatic carbocycles. The maximum atomic E-state index is 13.7. The first kappa shape index (κ1) is 29.1. The van der Waals surface area contributed by atoms with E-state index in [4.69, 9.17) is 23.2 Å². The SMILES string of the molecule is CC[C@H](C)NC(=O)[C@H](Cc1ccccc1)N(Cc1ccccc1Cl)C(=O)CCCSc1ccc(Cl)cc1. The van der Waals surface area contributed by atoms with Gasteiger partial charge in [0.15, 0.2) is 0 Å². The third-order valence-electron chi connectivity index (χ3n) is 6.19. The van der Waals surface area contributed by atoms with E-state index in [2.05, 4.69) is 5.32 Å². The minimum absolute atomic E-state index is 0.0128. The summed E-state index contributed by atoms with van der Waals surface area (Å²) in [6.07, 6.45) is 2.27. The Kier molecular flexibility index (Phi) is 11.8. The van der Waals surface area contributed by atoms with Gasteiger partial charge in [-0.1, -0.05) is 78.7 Å². The highest BCUT2D eigenvalue weighted by Gasteiger charge is 2.31. The van der Waals surface area contributed by atoms with Crippen LogP contribution in [0, 0.1) is 0 Å². The van der Waals surface area contributed by atoms with Gasteiger partial charge in [-0.05, 0) is 67.0 Å². The van der Waals surface area contributed by atoms with Crippen LogP contribution in [0.3, 0.4) is 0 Å². The van der Waals surface area contributed by atoms with E-state index in [1.165, 1.54) is 0 Å². The molecule has 2 amide bonds. The number of thioether (sulfide) groups is 1. The lowest BCUT2D eigenvalue weighted by Crippen LogP contribution is -2.52. The fraction of sp³-hybridized carbons (Fsp3) is 0.333. The average Bonchev–Trinajstić information content (AvgIpc) is 2.91. The second-order valence-electron chi connectivity index (χ2n) is 9.04. The van der Waals surface area contributed by atoms with Gasteiger partial charge in [0.1, 0.15) is 6.04 Å². The Labute approximate surface area is 234 Å². The molecule has 0 radical (unpaired) electrons. The topological polar surface area (TPSA) is 49.4 Å². The van der Waals surface area contributed by atoms with Gasteiger partial charge in [-0.2, -0.15) is 0 Å². The van der Waals surface area contributed by atoms with Crippen LogP contribution in [0.1, 0.15) is 44.2 Å². The molecule has 0 fully saturated rings. The summed E-state index contributed by atoms with van der Waals surface area (Å²) in [5.41, 5.74) is 1.82. The molecule has 0 saturated carbocycles. The van der Waals surface area contributed by atoms with Gasteiger partial charge in [0, 0.05) is 40.4 Å². The van der Waals surface area contributed by atoms with Crippen LogP contribution < -0.4 is 5.32 Å². The van der Waals surface area contributed by atoms with Crippen molar-refractivity contribution >= 4 is 46.8 Å². The molecule has 3 aromatic rings. The van der Waals surface area contributed by atoms with Crippen LogP contribution in [0.4, 0.5) is 0 Å². The molecule has 1 N–H and O–H groups in total. The van der Waals surface area contributed by atoms with E-state index in [1.807, 2.05) is 92.7 Å². The van der Waals surface area contributed by atoms with Crippen molar-refractivity contribution in [1.82, 2.24) is 10.2 Å². The van der Waals surface area contributed by atoms with Crippen LogP contribution in [0.25, 0.3) is 0 Å². The Morgan fingerprint density at radius 3 is 2.30 bits per heavy atom. The van der Waals surface area contributed by atoms with Crippen molar-refractivity contribution in [2.24, 2.45) is 0 Å². The van der Waals surface area contributed by atoms with Gasteiger partial charge >= 0.3 is 0 Å². The van der Waals surface area contributed by atoms with E-state index in [0.717, 1.165) is 28.2 Å². The summed E-state index contributed by atoms with van der Waals surface area (Å²) >= 11 is 14.1. The van der Waals surface area contributed by atoms with E-state index in [0.29, 0.717) is 29.3 Å². The smallest absolute Gasteiger partial charge is 0.243 e. The highest BCUT2D eigenvalue weighted by molar-refractivity contribution is 7.99. The zero-order valence-corrected chi connectivity index (χ0v) is 23.7. The minimum Gasteiger partial charge on any atom is -0.352 e. The predicted octanol–water partition coefficient (Wildman–Crippen LogP) is 7.42. The number of nitrogens with zero attached hydrogens (tertiary/aromatic N) is 1. The van der Waals surface area contributed by atoms with Crippen LogP contribution in [0.15, 0.2) is 83.8 Å². The lowest BCUT2D eigenvalue weighted by Gasteiger charge is -2.32. The van der Waals surface area contributed by atoms with E-state index < -0.39 is 6.04 Å². The van der Waals surface area contributed by atoms with Crippen molar-refractivity contribution in [1.29, 1.82) is 0 Å². The Hall–Kier alpha value is -2.47. The summed E-state index contributed by atoms with van der Waals surface area (Å²) in [4.78, 5) is 30.0. The van der Waals surface area contributed by atoms with Crippen LogP contribution in [0.5, 0.6) is 0 Å². The van der Waals surface area contributed by atoms with Gasteiger partial charge in [0.05, 0.1) is 0 Å². The van der Waals surface area contributed by atoms with Gasteiger partial charge in [0.2, 0.25) is 11.8 Å². The highest BCUT2D eigenvalue weighted by atomic mass is 35.5. The molecule has 3 rings (SSSR count). The van der Waals surface area contributed by atoms with Gasteiger partial charge in [-0.15, -0.1) is 11.8 Å². The third kappa shape index (κ3) is 9.41. The molecule has 7 heteroatoms. The monoisotopic (exact) mass is 556 g/mol. The van der Waals surface area contributed by atoms with Gasteiger partial charge < -0.3 is 10.2 Å². The van der Waals surface area contributed by atoms with Crippen molar-refractivity contribution in [3.8, 4) is 0 Å². The molecule has 196 valence electrons. The largest absolute Gasteiger partial charge is 0.352 e. The first-order chi connectivity index (χ1) is 17.9. The maximum Gasteiger partial charge on any atom is 0.243 e. The molecule has 0 bridgehead atoms. The maximum absolute atomic E-state index is 13.7. The standard InChI is InChI=1S/C30H34Cl2N2O2S/c1-3-22(2)33-30(36)28(20-23-10-5-4-6-11-23)34(21-24-12-7-8-13-27(24)32)29(35)14-9-19-37-26-17-15-25(31)16-18-26/h4-8,10-13,15-18,22,28H,3,9,14,19-21H2,1-2H3,(H,33,36)/t22-,28-/m0/s1. The Bertz CT molecular complexity index is 1140. The van der Waals surface area contributed by atoms with Crippen LogP contribution >= 0.6 is 35.0 Å². The normalized spacial score (nSPS) is 12.5. The molecule has 0 unspecified atom stereocenters. The lowest BCUT2D eigenvalue weighted by molar-refractivity contribution is -0.141. The second-order valence-corrected chi connectivity index (χ2v) is 11.1. The quantitative estimate of drug-likeness (QED) is 0.176. The second kappa shape index (κ2) is 15.1. The number of benzene rings is 3. The van der Waals surface area contributed by atoms with Gasteiger partial charge in [-0.3, -0.25) is 9.59 Å². The fourth-order valence-electron chi connectivity index (χ4n) is 3.89. The third-order valence-corrected chi connectivity index (χ3v) is 7.91. The van der Waals surface area contributed by atoms with Crippen molar-refractivity contribution in [2.75, 3.05) is 5.75 Å². The zero-order chi connectivity index (χ0) is 26.6. The number of carbonyl (C=O) groups is 2. The van der Waals surface area contributed by atoms with Crippen molar-refractivity contribution in [2.45, 2.75) is 63.1 Å². The first-order valence-electron chi connectivity index (χ1n) is 12.6. The number of hydrogen-bond acceptors (Lipinski definition) is 3. The lowest BCUT2D eigenvalue weighted by atomic mass is 10.0. The van der Waals surface area contributed by atoms with E-state index in [1.54, 1.807) is 16.7 Å². The zero-order valence-electron chi connectivity index (χ0n) is 21.3. The molecular weight excluding hydrogens is 523 g/mol. The number of hydrogen-bond donors (Lipinski definition) is 1. The number of carbonyl (C=O) groups excluding carboxylic acids is 2.